The van der Waals surface area contributed by atoms with E-state index in [0.717, 1.165) is 51.2 Å². The Morgan fingerprint density at radius 2 is 1.75 bits per heavy atom. The van der Waals surface area contributed by atoms with Crippen molar-refractivity contribution in [1.29, 1.82) is 0 Å². The van der Waals surface area contributed by atoms with Crippen LogP contribution in [0.5, 0.6) is 0 Å². The average molecular weight is 445 g/mol. The number of benzene rings is 2. The largest absolute Gasteiger partial charge is 0.346 e. The molecule has 0 atom stereocenters. The number of likely N-dealkylation sites (tertiary alicyclic amines) is 1. The molecule has 32 heavy (non-hydrogen) atoms. The molecule has 0 bridgehead atoms. The summed E-state index contributed by atoms with van der Waals surface area (Å²) in [6, 6.07) is 13.5. The van der Waals surface area contributed by atoms with E-state index in [1.807, 2.05) is 6.07 Å². The normalized spacial score (nSPS) is 15.0. The lowest BCUT2D eigenvalue weighted by Gasteiger charge is -2.33. The fraction of sp³-hybridized carbons (Fsp3) is 0.417. The van der Waals surface area contributed by atoms with Gasteiger partial charge in [0.15, 0.2) is 11.6 Å². The molecular weight excluding hydrogens is 414 g/mol. The summed E-state index contributed by atoms with van der Waals surface area (Å²) in [4.78, 5) is 28.5. The Kier molecular flexibility index (Phi) is 8.70. The lowest BCUT2D eigenvalue weighted by molar-refractivity contribution is -0.125. The monoisotopic (exact) mass is 444 g/mol. The molecule has 0 aromatic heterocycles. The number of anilines is 1. The van der Waals surface area contributed by atoms with Gasteiger partial charge in [-0.2, -0.15) is 0 Å². The smallest absolute Gasteiger partial charge is 0.243 e. The maximum atomic E-state index is 13.2. The van der Waals surface area contributed by atoms with E-state index in [9.17, 15) is 18.4 Å². The predicted octanol–water partition coefficient (Wildman–Crippen LogP) is 2.86. The number of nitrogens with zero attached hydrogens (tertiary/aromatic N) is 2. The first kappa shape index (κ1) is 23.8. The average Bonchev–Trinajstić information content (AvgIpc) is 2.77. The van der Waals surface area contributed by atoms with Crippen LogP contribution in [-0.2, 0) is 16.1 Å². The topological polar surface area (TPSA) is 64.7 Å². The van der Waals surface area contributed by atoms with Gasteiger partial charge < -0.3 is 15.5 Å². The van der Waals surface area contributed by atoms with Crippen molar-refractivity contribution in [3.63, 3.8) is 0 Å². The molecule has 1 aliphatic rings. The molecule has 6 nitrogen and oxygen atoms in total. The maximum absolute atomic E-state index is 13.2. The van der Waals surface area contributed by atoms with E-state index in [1.54, 1.807) is 0 Å². The van der Waals surface area contributed by atoms with Gasteiger partial charge in [-0.05, 0) is 56.6 Å². The van der Waals surface area contributed by atoms with Gasteiger partial charge in [-0.3, -0.25) is 14.5 Å². The van der Waals surface area contributed by atoms with Crippen LogP contribution in [0.1, 0.15) is 18.4 Å². The Morgan fingerprint density at radius 1 is 1.03 bits per heavy atom. The van der Waals surface area contributed by atoms with Crippen LogP contribution in [0.3, 0.4) is 0 Å². The van der Waals surface area contributed by atoms with E-state index in [-0.39, 0.29) is 24.7 Å². The minimum atomic E-state index is -1.04. The van der Waals surface area contributed by atoms with Crippen molar-refractivity contribution < 1.29 is 18.4 Å². The highest BCUT2D eigenvalue weighted by Crippen LogP contribution is 2.18. The lowest BCUT2D eigenvalue weighted by Crippen LogP contribution is -2.44. The van der Waals surface area contributed by atoms with E-state index >= 15 is 0 Å². The van der Waals surface area contributed by atoms with Crippen LogP contribution in [0, 0.1) is 17.6 Å². The van der Waals surface area contributed by atoms with Crippen LogP contribution < -0.4 is 10.6 Å². The van der Waals surface area contributed by atoms with E-state index in [1.165, 1.54) is 11.6 Å². The summed E-state index contributed by atoms with van der Waals surface area (Å²) in [5.74, 6) is -2.15. The fourth-order valence-corrected chi connectivity index (χ4v) is 3.94. The highest BCUT2D eigenvalue weighted by molar-refractivity contribution is 5.94. The van der Waals surface area contributed by atoms with Crippen LogP contribution in [0.2, 0.25) is 0 Å². The first-order chi connectivity index (χ1) is 15.4. The number of hydrogen-bond acceptors (Lipinski definition) is 4. The Morgan fingerprint density at radius 3 is 2.44 bits per heavy atom. The molecule has 1 aliphatic heterocycles. The number of nitrogens with one attached hydrogen (secondary N) is 2. The minimum absolute atomic E-state index is 0.141. The van der Waals surface area contributed by atoms with Crippen LogP contribution in [0.15, 0.2) is 48.5 Å². The number of hydrogen-bond donors (Lipinski definition) is 2. The first-order valence-electron chi connectivity index (χ1n) is 10.9. The first-order valence-corrected chi connectivity index (χ1v) is 10.9. The van der Waals surface area contributed by atoms with E-state index in [2.05, 4.69) is 51.7 Å². The van der Waals surface area contributed by atoms with Crippen molar-refractivity contribution in [3.8, 4) is 0 Å². The number of carbonyl (C=O) groups excluding carboxylic acids is 2. The second-order valence-corrected chi connectivity index (χ2v) is 8.36. The third-order valence-corrected chi connectivity index (χ3v) is 5.59. The summed E-state index contributed by atoms with van der Waals surface area (Å²) in [7, 11) is 2.14. The lowest BCUT2D eigenvalue weighted by atomic mass is 9.96. The molecule has 3 rings (SSSR count). The van der Waals surface area contributed by atoms with Gasteiger partial charge in [0.25, 0.3) is 0 Å². The number of halogens is 2. The quantitative estimate of drug-likeness (QED) is 0.624. The molecule has 2 aromatic rings. The number of amides is 2. The summed E-state index contributed by atoms with van der Waals surface area (Å²) in [6.45, 7) is 3.66. The van der Waals surface area contributed by atoms with Crippen molar-refractivity contribution in [2.75, 3.05) is 45.1 Å². The molecule has 1 fully saturated rings. The molecule has 8 heteroatoms. The van der Waals surface area contributed by atoms with Crippen molar-refractivity contribution in [3.05, 3.63) is 65.7 Å². The van der Waals surface area contributed by atoms with E-state index in [0.29, 0.717) is 5.92 Å². The zero-order chi connectivity index (χ0) is 22.9. The van der Waals surface area contributed by atoms with Crippen LogP contribution in [0.25, 0.3) is 0 Å². The number of carbonyl (C=O) groups is 2. The minimum Gasteiger partial charge on any atom is -0.346 e. The molecule has 0 spiro atoms. The van der Waals surface area contributed by atoms with E-state index in [4.69, 9.17) is 0 Å². The highest BCUT2D eigenvalue weighted by Gasteiger charge is 2.22. The number of rotatable bonds is 9. The molecule has 0 aliphatic carbocycles. The van der Waals surface area contributed by atoms with Crippen LogP contribution in [-0.4, -0.2) is 61.4 Å². The molecule has 0 unspecified atom stereocenters. The van der Waals surface area contributed by atoms with Gasteiger partial charge in [-0.15, -0.1) is 0 Å². The Bertz CT molecular complexity index is 902. The third-order valence-electron chi connectivity index (χ3n) is 5.59. The van der Waals surface area contributed by atoms with Gasteiger partial charge in [0.05, 0.1) is 13.1 Å². The molecule has 172 valence electrons. The summed E-state index contributed by atoms with van der Waals surface area (Å²) in [5.41, 5.74) is 1.44. The highest BCUT2D eigenvalue weighted by atomic mass is 19.2. The van der Waals surface area contributed by atoms with Gasteiger partial charge in [0, 0.05) is 24.8 Å². The number of piperidine rings is 1. The Labute approximate surface area is 187 Å². The van der Waals surface area contributed by atoms with Crippen LogP contribution >= 0.6 is 0 Å². The second-order valence-electron chi connectivity index (χ2n) is 8.36. The molecule has 2 aromatic carbocycles. The molecular formula is C24H30F2N4O2. The van der Waals surface area contributed by atoms with E-state index < -0.39 is 17.5 Å². The summed E-state index contributed by atoms with van der Waals surface area (Å²) in [5, 5.41) is 5.01. The van der Waals surface area contributed by atoms with Crippen molar-refractivity contribution in [2.24, 2.45) is 5.92 Å². The van der Waals surface area contributed by atoms with Crippen molar-refractivity contribution in [1.82, 2.24) is 15.1 Å². The third kappa shape index (κ3) is 7.69. The van der Waals surface area contributed by atoms with Gasteiger partial charge in [0.2, 0.25) is 11.8 Å². The molecule has 1 saturated heterocycles. The Balaban J connectivity index is 1.31. The fourth-order valence-electron chi connectivity index (χ4n) is 3.94. The van der Waals surface area contributed by atoms with Gasteiger partial charge >= 0.3 is 0 Å². The van der Waals surface area contributed by atoms with Gasteiger partial charge in [0.1, 0.15) is 0 Å². The molecule has 1 heterocycles. The van der Waals surface area contributed by atoms with Gasteiger partial charge in [-0.1, -0.05) is 30.3 Å². The zero-order valence-corrected chi connectivity index (χ0v) is 18.3. The SMILES string of the molecule is CN(Cc1ccccc1)CC1CCN(CC(=O)NCC(=O)Nc2ccc(F)c(F)c2)CC1. The predicted molar refractivity (Wildman–Crippen MR) is 120 cm³/mol. The van der Waals surface area contributed by atoms with Gasteiger partial charge in [-0.25, -0.2) is 8.78 Å². The molecule has 2 N–H and O–H groups in total. The zero-order valence-electron chi connectivity index (χ0n) is 18.3. The van der Waals surface area contributed by atoms with Crippen LogP contribution in [0.4, 0.5) is 14.5 Å². The molecule has 0 radical (unpaired) electrons. The summed E-state index contributed by atoms with van der Waals surface area (Å²) >= 11 is 0. The maximum Gasteiger partial charge on any atom is 0.243 e. The summed E-state index contributed by atoms with van der Waals surface area (Å²) < 4.78 is 26.1. The second kappa shape index (κ2) is 11.7. The molecule has 2 amide bonds. The molecule has 0 saturated carbocycles. The summed E-state index contributed by atoms with van der Waals surface area (Å²) in [6.07, 6.45) is 2.06. The Hall–Kier alpha value is -2.84. The van der Waals surface area contributed by atoms with Crippen molar-refractivity contribution in [2.45, 2.75) is 19.4 Å². The van der Waals surface area contributed by atoms with Crippen molar-refractivity contribution >= 4 is 17.5 Å². The standard InChI is InChI=1S/C24H30F2N4O2/c1-29(15-18-5-3-2-4-6-18)16-19-9-11-30(12-10-19)17-24(32)27-14-23(31)28-20-7-8-21(25)22(26)13-20/h2-8,13,19H,9-12,14-17H2,1H3,(H,27,32)(H,28,31).